The Balaban J connectivity index is 1.48. The highest BCUT2D eigenvalue weighted by molar-refractivity contribution is 6.30. The number of hydrogen-bond acceptors (Lipinski definition) is 4. The number of aliphatic imine (C=N–C) groups is 1. The van der Waals surface area contributed by atoms with Gasteiger partial charge in [-0.1, -0.05) is 48.0 Å². The Morgan fingerprint density at radius 2 is 1.74 bits per heavy atom. The van der Waals surface area contributed by atoms with Crippen LogP contribution in [0.4, 0.5) is 16.4 Å². The van der Waals surface area contributed by atoms with Gasteiger partial charge in [0, 0.05) is 35.2 Å². The number of nitrogens with zero attached hydrogens (tertiary/aromatic N) is 4. The molecule has 1 saturated heterocycles. The van der Waals surface area contributed by atoms with Crippen molar-refractivity contribution in [2.75, 3.05) is 18.4 Å². The van der Waals surface area contributed by atoms with Gasteiger partial charge in [-0.3, -0.25) is 5.32 Å². The zero-order chi connectivity index (χ0) is 23.9. The molecule has 176 valence electrons. The minimum atomic E-state index is -0.392. The van der Waals surface area contributed by atoms with Gasteiger partial charge in [0.05, 0.1) is 0 Å². The van der Waals surface area contributed by atoms with Crippen LogP contribution in [-0.4, -0.2) is 39.9 Å². The molecule has 0 spiro atoms. The number of aromatic nitrogens is 2. The van der Waals surface area contributed by atoms with Crippen molar-refractivity contribution in [2.24, 2.45) is 10.9 Å². The lowest BCUT2D eigenvalue weighted by Crippen LogP contribution is -2.48. The molecule has 2 heterocycles. The van der Waals surface area contributed by atoms with Crippen LogP contribution >= 0.6 is 11.6 Å². The van der Waals surface area contributed by atoms with Gasteiger partial charge in [-0.15, -0.1) is 0 Å². The van der Waals surface area contributed by atoms with Crippen LogP contribution in [-0.2, 0) is 6.42 Å². The number of piperidine rings is 1. The molecule has 0 atom stereocenters. The zero-order valence-corrected chi connectivity index (χ0v) is 20.2. The van der Waals surface area contributed by atoms with Crippen molar-refractivity contribution in [3.63, 3.8) is 0 Å². The van der Waals surface area contributed by atoms with Gasteiger partial charge >= 0.3 is 6.03 Å². The molecule has 2 aromatic carbocycles. The number of aryl methyl sites for hydroxylation is 2. The Morgan fingerprint density at radius 1 is 1.03 bits per heavy atom. The second-order valence-electron chi connectivity index (χ2n) is 8.60. The van der Waals surface area contributed by atoms with Crippen molar-refractivity contribution in [2.45, 2.75) is 33.1 Å². The summed E-state index contributed by atoms with van der Waals surface area (Å²) in [5.41, 5.74) is 3.62. The van der Waals surface area contributed by atoms with Gasteiger partial charge in [-0.05, 0) is 68.9 Å². The summed E-state index contributed by atoms with van der Waals surface area (Å²) in [6.45, 7) is 5.39. The number of benzene rings is 2. The predicted molar refractivity (Wildman–Crippen MR) is 137 cm³/mol. The molecule has 0 radical (unpaired) electrons. The molecule has 0 aliphatic carbocycles. The molecule has 7 nitrogen and oxygen atoms in total. The van der Waals surface area contributed by atoms with Crippen LogP contribution in [0.3, 0.4) is 0 Å². The van der Waals surface area contributed by atoms with Gasteiger partial charge in [-0.2, -0.15) is 4.99 Å². The van der Waals surface area contributed by atoms with Crippen LogP contribution < -0.4 is 10.6 Å². The van der Waals surface area contributed by atoms with Crippen LogP contribution in [0.25, 0.3) is 0 Å². The van der Waals surface area contributed by atoms with E-state index in [9.17, 15) is 4.79 Å². The van der Waals surface area contributed by atoms with Crippen LogP contribution in [0.5, 0.6) is 0 Å². The van der Waals surface area contributed by atoms with Crippen LogP contribution in [0, 0.1) is 19.8 Å². The summed E-state index contributed by atoms with van der Waals surface area (Å²) in [6, 6.07) is 19.1. The van der Waals surface area contributed by atoms with Gasteiger partial charge < -0.3 is 10.2 Å². The van der Waals surface area contributed by atoms with E-state index in [2.05, 4.69) is 54.8 Å². The molecule has 1 aliphatic rings. The summed E-state index contributed by atoms with van der Waals surface area (Å²) in [5, 5.41) is 6.28. The summed E-state index contributed by atoms with van der Waals surface area (Å²) in [4.78, 5) is 28.4. The average molecular weight is 477 g/mol. The number of guanidine groups is 1. The number of hydrogen-bond donors (Lipinski definition) is 2. The second-order valence-corrected chi connectivity index (χ2v) is 9.03. The number of likely N-dealkylation sites (tertiary alicyclic amines) is 1. The molecule has 0 saturated carbocycles. The van der Waals surface area contributed by atoms with E-state index in [1.807, 2.05) is 26.0 Å². The molecule has 1 aliphatic heterocycles. The Kier molecular flexibility index (Phi) is 7.75. The molecular weight excluding hydrogens is 448 g/mol. The van der Waals surface area contributed by atoms with E-state index >= 15 is 0 Å². The molecule has 2 N–H and O–H groups in total. The largest absolute Gasteiger partial charge is 0.342 e. The number of amides is 2. The van der Waals surface area contributed by atoms with E-state index in [-0.39, 0.29) is 0 Å². The first kappa shape index (κ1) is 23.7. The Morgan fingerprint density at radius 3 is 2.41 bits per heavy atom. The maximum atomic E-state index is 12.8. The van der Waals surface area contributed by atoms with Crippen molar-refractivity contribution in [3.05, 3.63) is 82.6 Å². The fourth-order valence-corrected chi connectivity index (χ4v) is 4.35. The molecule has 34 heavy (non-hydrogen) atoms. The zero-order valence-electron chi connectivity index (χ0n) is 19.5. The van der Waals surface area contributed by atoms with Crippen molar-refractivity contribution in [3.8, 4) is 0 Å². The molecule has 1 fully saturated rings. The monoisotopic (exact) mass is 476 g/mol. The Bertz CT molecular complexity index is 1140. The SMILES string of the molecule is Cc1cc(C)nc(/N=C(/NC(=O)Nc2cccc(Cl)c2)N2CCC(Cc3ccccc3)CC2)n1. The number of rotatable bonds is 4. The number of anilines is 1. The van der Waals surface area contributed by atoms with E-state index < -0.39 is 6.03 Å². The number of urea groups is 1. The van der Waals surface area contributed by atoms with E-state index in [0.29, 0.717) is 28.5 Å². The van der Waals surface area contributed by atoms with Gasteiger partial charge in [0.15, 0.2) is 0 Å². The summed E-state index contributed by atoms with van der Waals surface area (Å²) in [6.07, 6.45) is 3.09. The molecule has 2 amide bonds. The van der Waals surface area contributed by atoms with Gasteiger partial charge in [0.25, 0.3) is 5.95 Å². The topological polar surface area (TPSA) is 82.5 Å². The predicted octanol–water partition coefficient (Wildman–Crippen LogP) is 5.51. The van der Waals surface area contributed by atoms with E-state index in [1.165, 1.54) is 5.56 Å². The number of carbonyl (C=O) groups is 1. The van der Waals surface area contributed by atoms with Crippen molar-refractivity contribution in [1.82, 2.24) is 20.2 Å². The summed E-state index contributed by atoms with van der Waals surface area (Å²) in [5.74, 6) is 1.38. The molecule has 0 unspecified atom stereocenters. The fraction of sp³-hybridized carbons (Fsp3) is 0.308. The van der Waals surface area contributed by atoms with Gasteiger partial charge in [-0.25, -0.2) is 14.8 Å². The molecule has 3 aromatic rings. The van der Waals surface area contributed by atoms with E-state index in [1.54, 1.807) is 24.3 Å². The maximum Gasteiger partial charge on any atom is 0.326 e. The summed E-state index contributed by atoms with van der Waals surface area (Å²) < 4.78 is 0. The Hall–Kier alpha value is -3.45. The third-order valence-electron chi connectivity index (χ3n) is 5.77. The normalized spacial score (nSPS) is 14.7. The average Bonchev–Trinajstić information content (AvgIpc) is 2.79. The van der Waals surface area contributed by atoms with Crippen molar-refractivity contribution >= 4 is 35.2 Å². The molecule has 8 heteroatoms. The highest BCUT2D eigenvalue weighted by Gasteiger charge is 2.23. The van der Waals surface area contributed by atoms with Crippen molar-refractivity contribution in [1.29, 1.82) is 0 Å². The van der Waals surface area contributed by atoms with Crippen LogP contribution in [0.2, 0.25) is 5.02 Å². The number of carbonyl (C=O) groups excluding carboxylic acids is 1. The van der Waals surface area contributed by atoms with Gasteiger partial charge in [0.1, 0.15) is 0 Å². The first-order valence-electron chi connectivity index (χ1n) is 11.5. The molecule has 1 aromatic heterocycles. The standard InChI is InChI=1S/C26H29ClN6O/c1-18-15-19(2)29-24(28-18)31-25(32-26(34)30-23-10-6-9-22(27)17-23)33-13-11-21(12-14-33)16-20-7-4-3-5-8-20/h3-10,15,17,21H,11-14,16H2,1-2H3,(H2,28,29,30,31,32,34). The van der Waals surface area contributed by atoms with E-state index in [0.717, 1.165) is 43.7 Å². The lowest BCUT2D eigenvalue weighted by Gasteiger charge is -2.34. The summed E-state index contributed by atoms with van der Waals surface area (Å²) >= 11 is 6.04. The molecule has 4 rings (SSSR count). The molecular formula is C26H29ClN6O. The third kappa shape index (κ3) is 6.78. The first-order valence-corrected chi connectivity index (χ1v) is 11.9. The fourth-order valence-electron chi connectivity index (χ4n) is 4.16. The minimum absolute atomic E-state index is 0.335. The quantitative estimate of drug-likeness (QED) is 0.384. The highest BCUT2D eigenvalue weighted by Crippen LogP contribution is 2.22. The lowest BCUT2D eigenvalue weighted by atomic mass is 9.90. The van der Waals surface area contributed by atoms with Gasteiger partial charge in [0.2, 0.25) is 5.96 Å². The highest BCUT2D eigenvalue weighted by atomic mass is 35.5. The number of nitrogens with one attached hydrogen (secondary N) is 2. The summed E-state index contributed by atoms with van der Waals surface area (Å²) in [7, 11) is 0. The van der Waals surface area contributed by atoms with E-state index in [4.69, 9.17) is 11.6 Å². The lowest BCUT2D eigenvalue weighted by molar-refractivity contribution is 0.246. The Labute approximate surface area is 205 Å². The smallest absolute Gasteiger partial charge is 0.326 e. The third-order valence-corrected chi connectivity index (χ3v) is 6.00. The number of halogens is 1. The van der Waals surface area contributed by atoms with Crippen LogP contribution in [0.1, 0.15) is 29.8 Å². The maximum absolute atomic E-state index is 12.8. The minimum Gasteiger partial charge on any atom is -0.342 e. The first-order chi connectivity index (χ1) is 16.4. The second kappa shape index (κ2) is 11.1. The van der Waals surface area contributed by atoms with Crippen LogP contribution in [0.15, 0.2) is 65.7 Å². The molecule has 0 bridgehead atoms. The van der Waals surface area contributed by atoms with Crippen molar-refractivity contribution < 1.29 is 4.79 Å².